The van der Waals surface area contributed by atoms with Gasteiger partial charge >= 0.3 is 0 Å². The lowest BCUT2D eigenvalue weighted by molar-refractivity contribution is -0.122. The summed E-state index contributed by atoms with van der Waals surface area (Å²) in [6.45, 7) is 1.72. The maximum atomic E-state index is 13.0. The Kier molecular flexibility index (Phi) is 6.13. The Morgan fingerprint density at radius 3 is 2.48 bits per heavy atom. The van der Waals surface area contributed by atoms with Crippen LogP contribution in [0.5, 0.6) is 0 Å². The van der Waals surface area contributed by atoms with Gasteiger partial charge in [0.2, 0.25) is 17.7 Å². The third-order valence-corrected chi connectivity index (χ3v) is 6.25. The number of nitrogens with zero attached hydrogens (tertiary/aromatic N) is 2. The van der Waals surface area contributed by atoms with Crippen LogP contribution in [0.25, 0.3) is 0 Å². The van der Waals surface area contributed by atoms with Gasteiger partial charge in [0.05, 0.1) is 17.3 Å². The van der Waals surface area contributed by atoms with Gasteiger partial charge in [-0.25, -0.2) is 0 Å². The van der Waals surface area contributed by atoms with Crippen molar-refractivity contribution in [2.24, 2.45) is 17.6 Å². The van der Waals surface area contributed by atoms with E-state index in [-0.39, 0.29) is 30.1 Å². The second kappa shape index (κ2) is 8.98. The van der Waals surface area contributed by atoms with Crippen LogP contribution in [-0.2, 0) is 14.4 Å². The van der Waals surface area contributed by atoms with Gasteiger partial charge in [-0.2, -0.15) is 0 Å². The lowest BCUT2D eigenvalue weighted by Crippen LogP contribution is -2.39. The number of nitrogens with one attached hydrogen (secondary N) is 1. The monoisotopic (exact) mass is 440 g/mol. The number of carbonyl (C=O) groups excluding carboxylic acids is 3. The van der Waals surface area contributed by atoms with Gasteiger partial charge in [-0.05, 0) is 43.2 Å². The number of anilines is 3. The van der Waals surface area contributed by atoms with Gasteiger partial charge in [-0.1, -0.05) is 29.8 Å². The van der Waals surface area contributed by atoms with Gasteiger partial charge in [-0.15, -0.1) is 0 Å². The summed E-state index contributed by atoms with van der Waals surface area (Å²) in [5, 5.41) is 3.56. The van der Waals surface area contributed by atoms with E-state index in [1.165, 1.54) is 0 Å². The third-order valence-electron chi connectivity index (χ3n) is 6.02. The lowest BCUT2D eigenvalue weighted by atomic mass is 9.96. The van der Waals surface area contributed by atoms with E-state index in [4.69, 9.17) is 17.3 Å². The van der Waals surface area contributed by atoms with E-state index in [2.05, 4.69) is 10.2 Å². The number of piperidine rings is 1. The number of carbonyl (C=O) groups is 3. The largest absolute Gasteiger partial charge is 0.370 e. The average Bonchev–Trinajstić information content (AvgIpc) is 3.16. The highest BCUT2D eigenvalue weighted by molar-refractivity contribution is 6.31. The van der Waals surface area contributed by atoms with Crippen LogP contribution in [-0.4, -0.2) is 37.4 Å². The molecule has 0 spiro atoms. The maximum absolute atomic E-state index is 13.0. The predicted octanol–water partition coefficient (Wildman–Crippen LogP) is 3.03. The zero-order valence-corrected chi connectivity index (χ0v) is 17.8. The van der Waals surface area contributed by atoms with Crippen molar-refractivity contribution in [3.8, 4) is 0 Å². The van der Waals surface area contributed by atoms with E-state index in [1.54, 1.807) is 23.1 Å². The molecule has 4 rings (SSSR count). The van der Waals surface area contributed by atoms with Crippen molar-refractivity contribution in [1.29, 1.82) is 0 Å². The first-order valence-corrected chi connectivity index (χ1v) is 10.8. The smallest absolute Gasteiger partial charge is 0.229 e. The molecule has 2 heterocycles. The number of hydrogen-bond acceptors (Lipinski definition) is 4. The van der Waals surface area contributed by atoms with E-state index >= 15 is 0 Å². The molecule has 2 aliphatic heterocycles. The molecular weight excluding hydrogens is 416 g/mol. The molecule has 31 heavy (non-hydrogen) atoms. The summed E-state index contributed by atoms with van der Waals surface area (Å²) in [5.41, 5.74) is 7.75. The molecular formula is C23H25ClN4O3. The Morgan fingerprint density at radius 1 is 1.03 bits per heavy atom. The van der Waals surface area contributed by atoms with Gasteiger partial charge in [-0.3, -0.25) is 14.4 Å². The van der Waals surface area contributed by atoms with Gasteiger partial charge < -0.3 is 20.9 Å². The number of primary amides is 1. The van der Waals surface area contributed by atoms with Crippen LogP contribution in [0.4, 0.5) is 17.1 Å². The molecule has 0 aliphatic carbocycles. The summed E-state index contributed by atoms with van der Waals surface area (Å²) in [7, 11) is 0. The van der Waals surface area contributed by atoms with E-state index < -0.39 is 5.92 Å². The molecule has 7 nitrogen and oxygen atoms in total. The zero-order valence-electron chi connectivity index (χ0n) is 17.1. The molecule has 0 radical (unpaired) electrons. The van der Waals surface area contributed by atoms with Gasteiger partial charge in [0, 0.05) is 42.7 Å². The fraction of sp³-hybridized carbons (Fsp3) is 0.348. The van der Waals surface area contributed by atoms with Crippen molar-refractivity contribution in [3.05, 3.63) is 53.6 Å². The van der Waals surface area contributed by atoms with Crippen molar-refractivity contribution >= 4 is 46.4 Å². The molecule has 0 bridgehead atoms. The Morgan fingerprint density at radius 2 is 1.77 bits per heavy atom. The molecule has 1 unspecified atom stereocenters. The highest BCUT2D eigenvalue weighted by atomic mass is 35.5. The number of benzene rings is 2. The predicted molar refractivity (Wildman–Crippen MR) is 121 cm³/mol. The molecule has 2 fully saturated rings. The molecule has 162 valence electrons. The van der Waals surface area contributed by atoms with Crippen LogP contribution in [0, 0.1) is 11.8 Å². The normalized spacial score (nSPS) is 19.5. The maximum Gasteiger partial charge on any atom is 0.229 e. The summed E-state index contributed by atoms with van der Waals surface area (Å²) in [6, 6.07) is 14.7. The van der Waals surface area contributed by atoms with Crippen molar-refractivity contribution in [2.75, 3.05) is 34.8 Å². The second-order valence-corrected chi connectivity index (χ2v) is 8.49. The highest BCUT2D eigenvalue weighted by Crippen LogP contribution is 2.32. The van der Waals surface area contributed by atoms with Gasteiger partial charge in [0.15, 0.2) is 0 Å². The molecule has 2 aliphatic rings. The standard InChI is InChI=1S/C23H25ClN4O3/c24-17-4-3-5-18(13-17)28-14-16(12-21(28)29)23(31)26-19-6-1-2-7-20(19)27-10-8-15(9-11-27)22(25)30/h1-7,13,15-16H,8-12,14H2,(H2,25,30)(H,26,31). The minimum Gasteiger partial charge on any atom is -0.370 e. The zero-order chi connectivity index (χ0) is 22.0. The summed E-state index contributed by atoms with van der Waals surface area (Å²) >= 11 is 6.05. The topological polar surface area (TPSA) is 95.7 Å². The molecule has 0 aromatic heterocycles. The van der Waals surface area contributed by atoms with Crippen molar-refractivity contribution in [2.45, 2.75) is 19.3 Å². The van der Waals surface area contributed by atoms with Crippen LogP contribution in [0.3, 0.4) is 0 Å². The quantitative estimate of drug-likeness (QED) is 0.746. The van der Waals surface area contributed by atoms with Crippen LogP contribution < -0.4 is 20.9 Å². The van der Waals surface area contributed by atoms with Gasteiger partial charge in [0.1, 0.15) is 0 Å². The Labute approximate surface area is 186 Å². The Bertz CT molecular complexity index is 1000. The van der Waals surface area contributed by atoms with E-state index in [1.807, 2.05) is 30.3 Å². The minimum atomic E-state index is -0.444. The first-order valence-electron chi connectivity index (χ1n) is 10.4. The summed E-state index contributed by atoms with van der Waals surface area (Å²) in [4.78, 5) is 40.7. The minimum absolute atomic E-state index is 0.0933. The average molecular weight is 441 g/mol. The first kappa shape index (κ1) is 21.2. The lowest BCUT2D eigenvalue weighted by Gasteiger charge is -2.33. The first-order chi connectivity index (χ1) is 14.9. The van der Waals surface area contributed by atoms with Crippen molar-refractivity contribution in [3.63, 3.8) is 0 Å². The molecule has 2 saturated heterocycles. The summed E-state index contributed by atoms with van der Waals surface area (Å²) in [6.07, 6.45) is 1.55. The van der Waals surface area contributed by atoms with Crippen LogP contribution in [0.2, 0.25) is 5.02 Å². The molecule has 8 heteroatoms. The second-order valence-electron chi connectivity index (χ2n) is 8.06. The molecule has 0 saturated carbocycles. The number of nitrogens with two attached hydrogens (primary N) is 1. The Balaban J connectivity index is 1.44. The van der Waals surface area contributed by atoms with E-state index in [9.17, 15) is 14.4 Å². The van der Waals surface area contributed by atoms with Crippen LogP contribution in [0.15, 0.2) is 48.5 Å². The molecule has 2 aromatic rings. The number of hydrogen-bond donors (Lipinski definition) is 2. The third kappa shape index (κ3) is 4.66. The number of para-hydroxylation sites is 2. The fourth-order valence-corrected chi connectivity index (χ4v) is 4.46. The van der Waals surface area contributed by atoms with Crippen molar-refractivity contribution in [1.82, 2.24) is 0 Å². The van der Waals surface area contributed by atoms with Gasteiger partial charge in [0.25, 0.3) is 0 Å². The van der Waals surface area contributed by atoms with E-state index in [0.29, 0.717) is 48.9 Å². The summed E-state index contributed by atoms with van der Waals surface area (Å²) < 4.78 is 0. The number of amides is 3. The fourth-order valence-electron chi connectivity index (χ4n) is 4.27. The molecule has 3 N–H and O–H groups in total. The molecule has 1 atom stereocenters. The molecule has 3 amide bonds. The van der Waals surface area contributed by atoms with Crippen LogP contribution >= 0.6 is 11.6 Å². The Hall–Kier alpha value is -3.06. The summed E-state index contributed by atoms with van der Waals surface area (Å²) in [5.74, 6) is -1.07. The van der Waals surface area contributed by atoms with E-state index in [0.717, 1.165) is 5.69 Å². The highest BCUT2D eigenvalue weighted by Gasteiger charge is 2.35. The SMILES string of the molecule is NC(=O)C1CCN(c2ccccc2NC(=O)C2CC(=O)N(c3cccc(Cl)c3)C2)CC1. The number of halogens is 1. The molecule has 2 aromatic carbocycles. The van der Waals surface area contributed by atoms with Crippen molar-refractivity contribution < 1.29 is 14.4 Å². The van der Waals surface area contributed by atoms with Crippen LogP contribution in [0.1, 0.15) is 19.3 Å². The number of rotatable bonds is 5.